The van der Waals surface area contributed by atoms with E-state index in [-0.39, 0.29) is 5.38 Å². The zero-order valence-corrected chi connectivity index (χ0v) is 11.8. The third-order valence-corrected chi connectivity index (χ3v) is 4.17. The van der Waals surface area contributed by atoms with Crippen molar-refractivity contribution in [1.82, 2.24) is 0 Å². The SMILES string of the molecule is CC(Cc1ccccc1Cl)C(Cl)c1ccccc1. The minimum absolute atomic E-state index is 0.0162. The molecule has 0 heterocycles. The van der Waals surface area contributed by atoms with E-state index in [2.05, 4.69) is 25.1 Å². The Bertz CT molecular complexity index is 493. The van der Waals surface area contributed by atoms with Gasteiger partial charge in [0.25, 0.3) is 0 Å². The smallest absolute Gasteiger partial charge is 0.0613 e. The molecule has 0 amide bonds. The Labute approximate surface area is 119 Å². The van der Waals surface area contributed by atoms with Crippen molar-refractivity contribution in [3.8, 4) is 0 Å². The van der Waals surface area contributed by atoms with Gasteiger partial charge in [-0.15, -0.1) is 11.6 Å². The van der Waals surface area contributed by atoms with Crippen molar-refractivity contribution in [3.05, 3.63) is 70.7 Å². The fourth-order valence-electron chi connectivity index (χ4n) is 2.08. The zero-order chi connectivity index (χ0) is 13.0. The summed E-state index contributed by atoms with van der Waals surface area (Å²) in [4.78, 5) is 0. The van der Waals surface area contributed by atoms with Crippen molar-refractivity contribution in [2.75, 3.05) is 0 Å². The van der Waals surface area contributed by atoms with Crippen LogP contribution in [0.15, 0.2) is 54.6 Å². The normalized spacial score (nSPS) is 14.2. The van der Waals surface area contributed by atoms with Crippen LogP contribution in [0.1, 0.15) is 23.4 Å². The van der Waals surface area contributed by atoms with Crippen LogP contribution in [0.2, 0.25) is 5.02 Å². The van der Waals surface area contributed by atoms with Gasteiger partial charge in [0.1, 0.15) is 0 Å². The highest BCUT2D eigenvalue weighted by Gasteiger charge is 2.17. The molecule has 0 aromatic heterocycles. The second-order valence-corrected chi connectivity index (χ2v) is 5.46. The molecule has 0 N–H and O–H groups in total. The van der Waals surface area contributed by atoms with E-state index in [1.807, 2.05) is 36.4 Å². The Morgan fingerprint density at radius 3 is 2.22 bits per heavy atom. The second-order valence-electron chi connectivity index (χ2n) is 4.59. The molecule has 2 aromatic carbocycles. The second kappa shape index (κ2) is 6.26. The molecule has 18 heavy (non-hydrogen) atoms. The predicted octanol–water partition coefficient (Wildman–Crippen LogP) is 5.50. The van der Waals surface area contributed by atoms with E-state index in [0.717, 1.165) is 17.0 Å². The van der Waals surface area contributed by atoms with Gasteiger partial charge in [0, 0.05) is 5.02 Å². The lowest BCUT2D eigenvalue weighted by molar-refractivity contribution is 0.558. The molecule has 0 aliphatic heterocycles. The average molecular weight is 279 g/mol. The van der Waals surface area contributed by atoms with Gasteiger partial charge < -0.3 is 0 Å². The maximum Gasteiger partial charge on any atom is 0.0613 e. The van der Waals surface area contributed by atoms with E-state index in [9.17, 15) is 0 Å². The van der Waals surface area contributed by atoms with Crippen LogP contribution in [0.25, 0.3) is 0 Å². The zero-order valence-electron chi connectivity index (χ0n) is 10.3. The molecule has 0 aliphatic carbocycles. The van der Waals surface area contributed by atoms with Crippen molar-refractivity contribution in [1.29, 1.82) is 0 Å². The van der Waals surface area contributed by atoms with E-state index in [1.54, 1.807) is 0 Å². The molecular formula is C16H16Cl2. The summed E-state index contributed by atoms with van der Waals surface area (Å²) in [6.45, 7) is 2.16. The first-order valence-corrected chi connectivity index (χ1v) is 6.92. The monoisotopic (exact) mass is 278 g/mol. The van der Waals surface area contributed by atoms with Crippen LogP contribution in [-0.4, -0.2) is 0 Å². The lowest BCUT2D eigenvalue weighted by Crippen LogP contribution is -2.07. The summed E-state index contributed by atoms with van der Waals surface area (Å²) < 4.78 is 0. The number of rotatable bonds is 4. The molecule has 94 valence electrons. The van der Waals surface area contributed by atoms with Gasteiger partial charge in [-0.2, -0.15) is 0 Å². The maximum absolute atomic E-state index is 6.52. The number of benzene rings is 2. The van der Waals surface area contributed by atoms with Gasteiger partial charge in [0.05, 0.1) is 5.38 Å². The van der Waals surface area contributed by atoms with E-state index in [0.29, 0.717) is 5.92 Å². The Morgan fingerprint density at radius 1 is 0.944 bits per heavy atom. The molecule has 0 saturated carbocycles. The van der Waals surface area contributed by atoms with Gasteiger partial charge in [-0.05, 0) is 29.5 Å². The van der Waals surface area contributed by atoms with Crippen LogP contribution >= 0.6 is 23.2 Å². The maximum atomic E-state index is 6.52. The number of hydrogen-bond donors (Lipinski definition) is 0. The lowest BCUT2D eigenvalue weighted by atomic mass is 9.94. The summed E-state index contributed by atoms with van der Waals surface area (Å²) in [5, 5.41) is 0.837. The minimum Gasteiger partial charge on any atom is -0.118 e. The quantitative estimate of drug-likeness (QED) is 0.648. The molecule has 2 heteroatoms. The van der Waals surface area contributed by atoms with Crippen LogP contribution < -0.4 is 0 Å². The van der Waals surface area contributed by atoms with Gasteiger partial charge in [0.15, 0.2) is 0 Å². The topological polar surface area (TPSA) is 0 Å². The molecule has 2 unspecified atom stereocenters. The molecule has 2 rings (SSSR count). The van der Waals surface area contributed by atoms with Gasteiger partial charge >= 0.3 is 0 Å². The van der Waals surface area contributed by atoms with Gasteiger partial charge in [-0.3, -0.25) is 0 Å². The Kier molecular flexibility index (Phi) is 4.68. The molecule has 0 saturated heterocycles. The molecular weight excluding hydrogens is 263 g/mol. The summed E-state index contributed by atoms with van der Waals surface area (Å²) in [6.07, 6.45) is 0.892. The molecule has 2 aromatic rings. The number of hydrogen-bond acceptors (Lipinski definition) is 0. The van der Waals surface area contributed by atoms with E-state index < -0.39 is 0 Å². The third kappa shape index (κ3) is 3.28. The summed E-state index contributed by atoms with van der Waals surface area (Å²) in [7, 11) is 0. The van der Waals surface area contributed by atoms with Crippen molar-refractivity contribution < 1.29 is 0 Å². The fourth-order valence-corrected chi connectivity index (χ4v) is 2.53. The highest BCUT2D eigenvalue weighted by molar-refractivity contribution is 6.31. The molecule has 0 fully saturated rings. The highest BCUT2D eigenvalue weighted by atomic mass is 35.5. The first-order valence-electron chi connectivity index (χ1n) is 6.11. The van der Waals surface area contributed by atoms with Gasteiger partial charge in [0.2, 0.25) is 0 Å². The highest BCUT2D eigenvalue weighted by Crippen LogP contribution is 2.32. The van der Waals surface area contributed by atoms with Crippen molar-refractivity contribution in [2.45, 2.75) is 18.7 Å². The molecule has 0 bridgehead atoms. The van der Waals surface area contributed by atoms with Crippen molar-refractivity contribution >= 4 is 23.2 Å². The van der Waals surface area contributed by atoms with Crippen LogP contribution in [0.4, 0.5) is 0 Å². The Balaban J connectivity index is 2.09. The predicted molar refractivity (Wildman–Crippen MR) is 79.4 cm³/mol. The Hall–Kier alpha value is -0.980. The number of alkyl halides is 1. The van der Waals surface area contributed by atoms with Crippen LogP contribution in [0.3, 0.4) is 0 Å². The molecule has 0 radical (unpaired) electrons. The standard InChI is InChI=1S/C16H16Cl2/c1-12(11-14-9-5-6-10-15(14)17)16(18)13-7-3-2-4-8-13/h2-10,12,16H,11H2,1H3. The summed E-state index contributed by atoms with van der Waals surface area (Å²) >= 11 is 12.7. The first kappa shape index (κ1) is 13.5. The fraction of sp³-hybridized carbons (Fsp3) is 0.250. The van der Waals surface area contributed by atoms with Crippen molar-refractivity contribution in [3.63, 3.8) is 0 Å². The van der Waals surface area contributed by atoms with Crippen molar-refractivity contribution in [2.24, 2.45) is 5.92 Å². The lowest BCUT2D eigenvalue weighted by Gasteiger charge is -2.19. The van der Waals surface area contributed by atoms with E-state index in [4.69, 9.17) is 23.2 Å². The third-order valence-electron chi connectivity index (χ3n) is 3.12. The van der Waals surface area contributed by atoms with Crippen LogP contribution in [0, 0.1) is 5.92 Å². The molecule has 0 spiro atoms. The minimum atomic E-state index is 0.0162. The largest absolute Gasteiger partial charge is 0.118 e. The molecule has 0 nitrogen and oxygen atoms in total. The summed E-state index contributed by atoms with van der Waals surface area (Å²) in [5.41, 5.74) is 2.33. The molecule has 2 atom stereocenters. The summed E-state index contributed by atoms with van der Waals surface area (Å²) in [6, 6.07) is 18.1. The van der Waals surface area contributed by atoms with Crippen LogP contribution in [0.5, 0.6) is 0 Å². The number of halogens is 2. The molecule has 0 aliphatic rings. The van der Waals surface area contributed by atoms with Gasteiger partial charge in [-0.1, -0.05) is 67.1 Å². The van der Waals surface area contributed by atoms with E-state index >= 15 is 0 Å². The summed E-state index contributed by atoms with van der Waals surface area (Å²) in [5.74, 6) is 0.342. The Morgan fingerprint density at radius 2 is 1.56 bits per heavy atom. The first-order chi connectivity index (χ1) is 8.68. The average Bonchev–Trinajstić information content (AvgIpc) is 2.41. The van der Waals surface area contributed by atoms with Crippen LogP contribution in [-0.2, 0) is 6.42 Å². The van der Waals surface area contributed by atoms with Gasteiger partial charge in [-0.25, -0.2) is 0 Å². The van der Waals surface area contributed by atoms with E-state index in [1.165, 1.54) is 5.56 Å².